The summed E-state index contributed by atoms with van der Waals surface area (Å²) in [4.78, 5) is 24.1. The third-order valence-corrected chi connectivity index (χ3v) is 4.85. The third-order valence-electron chi connectivity index (χ3n) is 4.15. The molecule has 0 saturated heterocycles. The number of fused-ring (bicyclic) bond motifs is 1. The summed E-state index contributed by atoms with van der Waals surface area (Å²) in [7, 11) is 0. The lowest BCUT2D eigenvalue weighted by Crippen LogP contribution is -2.13. The third kappa shape index (κ3) is 4.49. The Kier molecular flexibility index (Phi) is 5.35. The molecule has 0 unspecified atom stereocenters. The van der Waals surface area contributed by atoms with Gasteiger partial charge in [-0.1, -0.05) is 12.1 Å². The van der Waals surface area contributed by atoms with E-state index in [9.17, 15) is 4.79 Å². The van der Waals surface area contributed by atoms with E-state index in [-0.39, 0.29) is 12.3 Å². The molecule has 0 spiro atoms. The van der Waals surface area contributed by atoms with Gasteiger partial charge in [-0.05, 0) is 64.0 Å². The number of carbonyl (C=O) groups excluding carboxylic acids is 1. The number of carbonyl (C=O) groups is 1. The number of anilines is 2. The zero-order chi connectivity index (χ0) is 20.2. The van der Waals surface area contributed by atoms with Gasteiger partial charge in [0.1, 0.15) is 18.1 Å². The molecular formula is C21H16BrN5O2. The highest BCUT2D eigenvalue weighted by molar-refractivity contribution is 9.10. The van der Waals surface area contributed by atoms with Crippen LogP contribution in [-0.4, -0.2) is 20.9 Å². The number of benzene rings is 2. The molecule has 4 aromatic rings. The van der Waals surface area contributed by atoms with Crippen molar-refractivity contribution in [3.05, 3.63) is 82.7 Å². The highest BCUT2D eigenvalue weighted by atomic mass is 79.9. The smallest absolute Gasteiger partial charge is 0.267 e. The molecule has 0 aliphatic heterocycles. The fourth-order valence-electron chi connectivity index (χ4n) is 2.71. The van der Waals surface area contributed by atoms with E-state index in [0.717, 1.165) is 26.6 Å². The van der Waals surface area contributed by atoms with Gasteiger partial charge in [-0.25, -0.2) is 9.97 Å². The molecule has 0 bridgehead atoms. The maximum absolute atomic E-state index is 11.2. The molecule has 2 heterocycles. The van der Waals surface area contributed by atoms with Crippen LogP contribution in [0.15, 0.2) is 71.5 Å². The van der Waals surface area contributed by atoms with Crippen LogP contribution >= 0.6 is 15.9 Å². The lowest BCUT2D eigenvalue weighted by molar-refractivity contribution is 0.0995. The molecule has 2 aromatic carbocycles. The van der Waals surface area contributed by atoms with Crippen molar-refractivity contribution in [1.29, 1.82) is 0 Å². The molecule has 7 nitrogen and oxygen atoms in total. The topological polar surface area (TPSA) is 103 Å². The number of nitrogens with two attached hydrogens (primary N) is 1. The molecule has 1 amide bonds. The number of para-hydroxylation sites is 1. The van der Waals surface area contributed by atoms with E-state index in [1.165, 1.54) is 6.20 Å². The van der Waals surface area contributed by atoms with Gasteiger partial charge in [0.2, 0.25) is 5.95 Å². The number of ether oxygens (including phenoxy) is 1. The van der Waals surface area contributed by atoms with Crippen molar-refractivity contribution < 1.29 is 9.53 Å². The molecule has 0 fully saturated rings. The standard InChI is InChI=1S/C21H16BrN5O2/c22-16-3-1-2-4-18(16)27-21-25-11-14-10-15(5-6-17(14)26-21)29-12-13-7-8-24-19(9-13)20(23)28/h1-11H,12H2,(H2,23,28)(H,25,26,27). The van der Waals surface area contributed by atoms with Gasteiger partial charge < -0.3 is 15.8 Å². The summed E-state index contributed by atoms with van der Waals surface area (Å²) in [5.74, 6) is 0.612. The fourth-order valence-corrected chi connectivity index (χ4v) is 3.09. The average Bonchev–Trinajstić information content (AvgIpc) is 2.74. The molecule has 0 saturated carbocycles. The van der Waals surface area contributed by atoms with E-state index < -0.39 is 5.91 Å². The van der Waals surface area contributed by atoms with E-state index in [1.54, 1.807) is 18.3 Å². The largest absolute Gasteiger partial charge is 0.489 e. The Hall–Kier alpha value is -3.52. The molecule has 0 radical (unpaired) electrons. The van der Waals surface area contributed by atoms with Crippen LogP contribution in [0.4, 0.5) is 11.6 Å². The van der Waals surface area contributed by atoms with Gasteiger partial charge in [-0.2, -0.15) is 0 Å². The lowest BCUT2D eigenvalue weighted by atomic mass is 10.2. The van der Waals surface area contributed by atoms with Crippen LogP contribution < -0.4 is 15.8 Å². The summed E-state index contributed by atoms with van der Waals surface area (Å²) in [6, 6.07) is 16.7. The Bertz CT molecular complexity index is 1200. The number of rotatable bonds is 6. The van der Waals surface area contributed by atoms with Crippen LogP contribution in [0.5, 0.6) is 5.75 Å². The summed E-state index contributed by atoms with van der Waals surface area (Å²) >= 11 is 3.50. The second-order valence-corrected chi connectivity index (χ2v) is 7.08. The van der Waals surface area contributed by atoms with Crippen molar-refractivity contribution in [3.63, 3.8) is 0 Å². The lowest BCUT2D eigenvalue weighted by Gasteiger charge is -2.09. The van der Waals surface area contributed by atoms with E-state index in [1.807, 2.05) is 42.5 Å². The minimum Gasteiger partial charge on any atom is -0.489 e. The van der Waals surface area contributed by atoms with Crippen LogP contribution in [0.25, 0.3) is 10.9 Å². The summed E-state index contributed by atoms with van der Waals surface area (Å²) in [6.07, 6.45) is 3.28. The van der Waals surface area contributed by atoms with Gasteiger partial charge >= 0.3 is 0 Å². The monoisotopic (exact) mass is 449 g/mol. The first kappa shape index (κ1) is 18.8. The molecule has 144 valence electrons. The fraction of sp³-hybridized carbons (Fsp3) is 0.0476. The van der Waals surface area contributed by atoms with Gasteiger partial charge in [0, 0.05) is 22.3 Å². The van der Waals surface area contributed by atoms with E-state index in [4.69, 9.17) is 10.5 Å². The number of hydrogen-bond donors (Lipinski definition) is 2. The molecule has 0 aliphatic carbocycles. The van der Waals surface area contributed by atoms with Crippen molar-refractivity contribution in [3.8, 4) is 5.75 Å². The van der Waals surface area contributed by atoms with Crippen molar-refractivity contribution >= 4 is 44.4 Å². The van der Waals surface area contributed by atoms with Crippen molar-refractivity contribution in [1.82, 2.24) is 15.0 Å². The zero-order valence-corrected chi connectivity index (χ0v) is 16.8. The Labute approximate surface area is 175 Å². The molecular weight excluding hydrogens is 434 g/mol. The van der Waals surface area contributed by atoms with Crippen LogP contribution in [0.2, 0.25) is 0 Å². The number of aromatic nitrogens is 3. The Morgan fingerprint density at radius 1 is 1.10 bits per heavy atom. The first-order chi connectivity index (χ1) is 14.1. The quantitative estimate of drug-likeness (QED) is 0.456. The number of halogens is 1. The SMILES string of the molecule is NC(=O)c1cc(COc2ccc3nc(Nc4ccccc4Br)ncc3c2)ccn1. The normalized spacial score (nSPS) is 10.7. The molecule has 0 atom stereocenters. The van der Waals surface area contributed by atoms with Crippen molar-refractivity contribution in [2.75, 3.05) is 5.32 Å². The van der Waals surface area contributed by atoms with Gasteiger partial charge in [0.05, 0.1) is 11.2 Å². The predicted octanol–water partition coefficient (Wildman–Crippen LogP) is 4.21. The predicted molar refractivity (Wildman–Crippen MR) is 114 cm³/mol. The molecule has 3 N–H and O–H groups in total. The number of nitrogens with zero attached hydrogens (tertiary/aromatic N) is 3. The molecule has 2 aromatic heterocycles. The Morgan fingerprint density at radius 3 is 2.79 bits per heavy atom. The minimum atomic E-state index is -0.568. The second-order valence-electron chi connectivity index (χ2n) is 6.22. The number of hydrogen-bond acceptors (Lipinski definition) is 6. The van der Waals surface area contributed by atoms with Crippen molar-refractivity contribution in [2.45, 2.75) is 6.61 Å². The maximum atomic E-state index is 11.2. The van der Waals surface area contributed by atoms with Gasteiger partial charge in [-0.3, -0.25) is 9.78 Å². The highest BCUT2D eigenvalue weighted by Gasteiger charge is 2.06. The molecule has 8 heteroatoms. The van der Waals surface area contributed by atoms with Crippen LogP contribution in [0, 0.1) is 0 Å². The molecule has 4 rings (SSSR count). The summed E-state index contributed by atoms with van der Waals surface area (Å²) in [5, 5.41) is 4.05. The summed E-state index contributed by atoms with van der Waals surface area (Å²) < 4.78 is 6.75. The zero-order valence-electron chi connectivity index (χ0n) is 15.2. The van der Waals surface area contributed by atoms with Gasteiger partial charge in [-0.15, -0.1) is 0 Å². The van der Waals surface area contributed by atoms with Gasteiger partial charge in [0.25, 0.3) is 5.91 Å². The highest BCUT2D eigenvalue weighted by Crippen LogP contribution is 2.25. The van der Waals surface area contributed by atoms with Crippen LogP contribution in [0.1, 0.15) is 16.1 Å². The second kappa shape index (κ2) is 8.24. The van der Waals surface area contributed by atoms with E-state index in [2.05, 4.69) is 36.2 Å². The van der Waals surface area contributed by atoms with E-state index in [0.29, 0.717) is 11.7 Å². The van der Waals surface area contributed by atoms with Crippen LogP contribution in [0.3, 0.4) is 0 Å². The molecule has 0 aliphatic rings. The van der Waals surface area contributed by atoms with Gasteiger partial charge in [0.15, 0.2) is 0 Å². The number of primary amides is 1. The Balaban J connectivity index is 1.49. The molecule has 29 heavy (non-hydrogen) atoms. The summed E-state index contributed by atoms with van der Waals surface area (Å²) in [5.41, 5.74) is 7.95. The Morgan fingerprint density at radius 2 is 1.97 bits per heavy atom. The first-order valence-electron chi connectivity index (χ1n) is 8.74. The maximum Gasteiger partial charge on any atom is 0.267 e. The number of amides is 1. The van der Waals surface area contributed by atoms with E-state index >= 15 is 0 Å². The summed E-state index contributed by atoms with van der Waals surface area (Å²) in [6.45, 7) is 0.289. The number of pyridine rings is 1. The number of nitrogens with one attached hydrogen (secondary N) is 1. The van der Waals surface area contributed by atoms with Crippen LogP contribution in [-0.2, 0) is 6.61 Å². The minimum absolute atomic E-state index is 0.211. The average molecular weight is 450 g/mol. The van der Waals surface area contributed by atoms with Crippen molar-refractivity contribution in [2.24, 2.45) is 5.73 Å². The first-order valence-corrected chi connectivity index (χ1v) is 9.54.